The topological polar surface area (TPSA) is 67.4 Å². The van der Waals surface area contributed by atoms with E-state index in [1.165, 1.54) is 0 Å². The summed E-state index contributed by atoms with van der Waals surface area (Å²) in [6, 6.07) is 3.83. The monoisotopic (exact) mass is 410 g/mol. The van der Waals surface area contributed by atoms with Crippen LogP contribution < -0.4 is 15.6 Å². The quantitative estimate of drug-likeness (QED) is 0.577. The zero-order chi connectivity index (χ0) is 16.9. The Bertz CT molecular complexity index is 565. The Morgan fingerprint density at radius 3 is 2.45 bits per heavy atom. The van der Waals surface area contributed by atoms with Crippen molar-refractivity contribution in [2.24, 2.45) is 0 Å². The van der Waals surface area contributed by atoms with Gasteiger partial charge in [-0.15, -0.1) is 0 Å². The number of carbonyl (C=O) groups is 2. The summed E-state index contributed by atoms with van der Waals surface area (Å²) in [6.45, 7) is 5.76. The van der Waals surface area contributed by atoms with Gasteiger partial charge in [-0.25, -0.2) is 0 Å². The number of ether oxygens (including phenoxy) is 1. The predicted octanol–water partition coefficient (Wildman–Crippen LogP) is 3.21. The zero-order valence-electron chi connectivity index (χ0n) is 12.4. The Kier molecular flexibility index (Phi) is 7.45. The van der Waals surface area contributed by atoms with E-state index in [1.54, 1.807) is 0 Å². The highest BCUT2D eigenvalue weighted by atomic mass is 79.9. The summed E-state index contributed by atoms with van der Waals surface area (Å²) < 4.78 is 6.52. The average Bonchev–Trinajstić information content (AvgIpc) is 2.44. The van der Waals surface area contributed by atoms with E-state index in [-0.39, 0.29) is 12.5 Å². The molecule has 0 saturated heterocycles. The van der Waals surface area contributed by atoms with Crippen LogP contribution in [-0.2, 0) is 9.59 Å². The van der Waals surface area contributed by atoms with Gasteiger partial charge in [-0.3, -0.25) is 20.4 Å². The number of alkyl halides is 2. The van der Waals surface area contributed by atoms with Gasteiger partial charge in [0.15, 0.2) is 11.4 Å². The molecule has 5 nitrogen and oxygen atoms in total. The van der Waals surface area contributed by atoms with E-state index in [9.17, 15) is 9.59 Å². The molecule has 2 amide bonds. The lowest BCUT2D eigenvalue weighted by Gasteiger charge is -2.16. The maximum absolute atomic E-state index is 11.6. The molecular weight excluding hydrogens is 395 g/mol. The van der Waals surface area contributed by atoms with Crippen LogP contribution in [-0.4, -0.2) is 23.3 Å². The fourth-order valence-corrected chi connectivity index (χ4v) is 2.08. The van der Waals surface area contributed by atoms with Gasteiger partial charge in [-0.2, -0.15) is 0 Å². The van der Waals surface area contributed by atoms with E-state index in [0.717, 1.165) is 15.6 Å². The number of benzene rings is 1. The van der Waals surface area contributed by atoms with E-state index < -0.39 is 16.7 Å². The Balaban J connectivity index is 2.66. The Hall–Kier alpha value is -0.980. The van der Waals surface area contributed by atoms with Crippen LogP contribution in [0.3, 0.4) is 0 Å². The molecule has 0 aliphatic rings. The summed E-state index contributed by atoms with van der Waals surface area (Å²) in [6.07, 6.45) is 0. The van der Waals surface area contributed by atoms with Crippen LogP contribution in [0.2, 0.25) is 0 Å². The first-order valence-corrected chi connectivity index (χ1v) is 8.18. The molecule has 0 bridgehead atoms. The molecule has 1 aromatic rings. The molecule has 0 spiro atoms. The van der Waals surface area contributed by atoms with Crippen LogP contribution in [0.25, 0.3) is 0 Å². The van der Waals surface area contributed by atoms with Crippen molar-refractivity contribution in [2.45, 2.75) is 31.5 Å². The molecule has 0 unspecified atom stereocenters. The highest BCUT2D eigenvalue weighted by molar-refractivity contribution is 9.10. The molecule has 1 rings (SSSR count). The standard InChI is InChI=1S/C14H17BrCl2N2O3/c1-7(2)9-5-10(15)8(3)4-11(9)22-6-12(20)18-19-14(21)13(16)17/h4-5,7,13H,6H2,1-3H3,(H,18,20)(H,19,21). The lowest BCUT2D eigenvalue weighted by atomic mass is 10.0. The Morgan fingerprint density at radius 2 is 1.91 bits per heavy atom. The van der Waals surface area contributed by atoms with E-state index >= 15 is 0 Å². The highest BCUT2D eigenvalue weighted by Crippen LogP contribution is 2.32. The van der Waals surface area contributed by atoms with Crippen molar-refractivity contribution in [3.8, 4) is 5.75 Å². The lowest BCUT2D eigenvalue weighted by molar-refractivity contribution is -0.129. The van der Waals surface area contributed by atoms with E-state index in [0.29, 0.717) is 5.75 Å². The molecule has 1 aromatic carbocycles. The first-order chi connectivity index (χ1) is 10.2. The number of rotatable bonds is 5. The molecule has 8 heteroatoms. The van der Waals surface area contributed by atoms with Crippen LogP contribution in [0, 0.1) is 6.92 Å². The fourth-order valence-electron chi connectivity index (χ4n) is 1.61. The third-order valence-electron chi connectivity index (χ3n) is 2.80. The molecule has 0 radical (unpaired) electrons. The van der Waals surface area contributed by atoms with Gasteiger partial charge in [0, 0.05) is 4.47 Å². The third-order valence-corrected chi connectivity index (χ3v) is 4.05. The molecule has 0 aliphatic heterocycles. The van der Waals surface area contributed by atoms with Crippen LogP contribution in [0.15, 0.2) is 16.6 Å². The first-order valence-electron chi connectivity index (χ1n) is 6.52. The maximum Gasteiger partial charge on any atom is 0.276 e. The van der Waals surface area contributed by atoms with Crippen LogP contribution in [0.1, 0.15) is 30.9 Å². The van der Waals surface area contributed by atoms with Gasteiger partial charge in [0.2, 0.25) is 0 Å². The Labute approximate surface area is 147 Å². The van der Waals surface area contributed by atoms with Crippen molar-refractivity contribution in [3.05, 3.63) is 27.7 Å². The molecule has 0 fully saturated rings. The summed E-state index contributed by atoms with van der Waals surface area (Å²) in [5.41, 5.74) is 6.24. The minimum atomic E-state index is -1.25. The van der Waals surface area contributed by atoms with Crippen molar-refractivity contribution >= 4 is 50.9 Å². The predicted molar refractivity (Wildman–Crippen MR) is 90.2 cm³/mol. The van der Waals surface area contributed by atoms with Gasteiger partial charge in [-0.1, -0.05) is 53.0 Å². The SMILES string of the molecule is Cc1cc(OCC(=O)NNC(=O)C(Cl)Cl)c(C(C)C)cc1Br. The summed E-state index contributed by atoms with van der Waals surface area (Å²) in [5.74, 6) is -0.357. The number of aryl methyl sites for hydroxylation is 1. The lowest BCUT2D eigenvalue weighted by Crippen LogP contribution is -2.45. The number of halogens is 3. The number of hydrogen-bond donors (Lipinski definition) is 2. The van der Waals surface area contributed by atoms with Gasteiger partial charge in [0.1, 0.15) is 5.75 Å². The molecule has 0 saturated carbocycles. The summed E-state index contributed by atoms with van der Waals surface area (Å²) in [4.78, 5) is 21.5. The Morgan fingerprint density at radius 1 is 1.27 bits per heavy atom. The van der Waals surface area contributed by atoms with E-state index in [1.807, 2.05) is 32.9 Å². The summed E-state index contributed by atoms with van der Waals surface area (Å²) in [5, 5.41) is 0. The molecule has 122 valence electrons. The van der Waals surface area contributed by atoms with Gasteiger partial charge < -0.3 is 4.74 Å². The maximum atomic E-state index is 11.6. The van der Waals surface area contributed by atoms with Gasteiger partial charge >= 0.3 is 0 Å². The number of hydrogen-bond acceptors (Lipinski definition) is 3. The van der Waals surface area contributed by atoms with Crippen molar-refractivity contribution in [1.82, 2.24) is 10.9 Å². The van der Waals surface area contributed by atoms with Crippen molar-refractivity contribution < 1.29 is 14.3 Å². The van der Waals surface area contributed by atoms with Gasteiger partial charge in [0.05, 0.1) is 0 Å². The second kappa shape index (κ2) is 8.60. The van der Waals surface area contributed by atoms with Crippen LogP contribution >= 0.6 is 39.1 Å². The largest absolute Gasteiger partial charge is 0.483 e. The minimum absolute atomic E-state index is 0.239. The number of carbonyl (C=O) groups excluding carboxylic acids is 2. The molecule has 0 aromatic heterocycles. The molecule has 2 N–H and O–H groups in total. The van der Waals surface area contributed by atoms with E-state index in [4.69, 9.17) is 27.9 Å². The molecular formula is C14H17BrCl2N2O3. The van der Waals surface area contributed by atoms with Crippen LogP contribution in [0.4, 0.5) is 0 Å². The van der Waals surface area contributed by atoms with Crippen molar-refractivity contribution in [1.29, 1.82) is 0 Å². The normalized spacial score (nSPS) is 10.7. The number of nitrogens with one attached hydrogen (secondary N) is 2. The van der Waals surface area contributed by atoms with Crippen molar-refractivity contribution in [3.63, 3.8) is 0 Å². The number of amides is 2. The average molecular weight is 412 g/mol. The smallest absolute Gasteiger partial charge is 0.276 e. The molecule has 0 aliphatic carbocycles. The highest BCUT2D eigenvalue weighted by Gasteiger charge is 2.14. The van der Waals surface area contributed by atoms with Crippen molar-refractivity contribution in [2.75, 3.05) is 6.61 Å². The minimum Gasteiger partial charge on any atom is -0.483 e. The van der Waals surface area contributed by atoms with Gasteiger partial charge in [-0.05, 0) is 36.1 Å². The second-order valence-electron chi connectivity index (χ2n) is 4.92. The van der Waals surface area contributed by atoms with Crippen LogP contribution in [0.5, 0.6) is 5.75 Å². The second-order valence-corrected chi connectivity index (χ2v) is 6.87. The molecule has 0 heterocycles. The third kappa shape index (κ3) is 5.66. The first kappa shape index (κ1) is 19.1. The summed E-state index contributed by atoms with van der Waals surface area (Å²) >= 11 is 14.2. The summed E-state index contributed by atoms with van der Waals surface area (Å²) in [7, 11) is 0. The van der Waals surface area contributed by atoms with Gasteiger partial charge in [0.25, 0.3) is 11.8 Å². The zero-order valence-corrected chi connectivity index (χ0v) is 15.5. The molecule has 0 atom stereocenters. The molecule has 22 heavy (non-hydrogen) atoms. The number of hydrazine groups is 1. The van der Waals surface area contributed by atoms with E-state index in [2.05, 4.69) is 26.8 Å². The fraction of sp³-hybridized carbons (Fsp3) is 0.429.